The SMILES string of the molecule is CCCCC[C@@H]1CC[C@@H]2CC(c3ccc4cc(F)c(F)cc4c3)CCC2C1. The number of hydrogen-bond donors (Lipinski definition) is 0. The van der Waals surface area contributed by atoms with Crippen molar-refractivity contribution < 1.29 is 8.78 Å². The van der Waals surface area contributed by atoms with Gasteiger partial charge in [0.2, 0.25) is 0 Å². The standard InChI is InChI=1S/C25H32F2/c1-2-3-4-5-17-6-7-19-13-20(9-8-18(19)12-17)21-10-11-22-15-24(26)25(27)16-23(22)14-21/h10-11,14-20H,2-9,12-13H2,1H3/t17-,18?,19-,20?/m1/s1. The molecule has 0 nitrogen and oxygen atoms in total. The Morgan fingerprint density at radius 1 is 0.815 bits per heavy atom. The van der Waals surface area contributed by atoms with E-state index in [4.69, 9.17) is 0 Å². The second-order valence-electron chi connectivity index (χ2n) is 9.08. The second kappa shape index (κ2) is 8.29. The van der Waals surface area contributed by atoms with Crippen LogP contribution in [0.3, 0.4) is 0 Å². The monoisotopic (exact) mass is 370 g/mol. The molecule has 2 fully saturated rings. The third-order valence-corrected chi connectivity index (χ3v) is 7.31. The van der Waals surface area contributed by atoms with Crippen LogP contribution < -0.4 is 0 Å². The van der Waals surface area contributed by atoms with Crippen molar-refractivity contribution in [2.24, 2.45) is 17.8 Å². The summed E-state index contributed by atoms with van der Waals surface area (Å²) in [4.78, 5) is 0. The van der Waals surface area contributed by atoms with Crippen LogP contribution in [0.1, 0.15) is 82.6 Å². The number of unbranched alkanes of at least 4 members (excludes halogenated alkanes) is 2. The number of benzene rings is 2. The maximum atomic E-state index is 13.6. The Labute approximate surface area is 162 Å². The van der Waals surface area contributed by atoms with E-state index in [9.17, 15) is 8.78 Å². The van der Waals surface area contributed by atoms with E-state index in [2.05, 4.69) is 19.1 Å². The first-order valence-corrected chi connectivity index (χ1v) is 11.0. The number of rotatable bonds is 5. The molecule has 0 heterocycles. The summed E-state index contributed by atoms with van der Waals surface area (Å²) in [6.45, 7) is 2.29. The summed E-state index contributed by atoms with van der Waals surface area (Å²) in [7, 11) is 0. The second-order valence-corrected chi connectivity index (χ2v) is 9.08. The lowest BCUT2D eigenvalue weighted by Crippen LogP contribution is -2.30. The summed E-state index contributed by atoms with van der Waals surface area (Å²) in [5.74, 6) is 1.84. The van der Waals surface area contributed by atoms with Crippen LogP contribution >= 0.6 is 0 Å². The van der Waals surface area contributed by atoms with Gasteiger partial charge in [0.05, 0.1) is 0 Å². The minimum absolute atomic E-state index is 0.584. The highest BCUT2D eigenvalue weighted by molar-refractivity contribution is 5.83. The van der Waals surface area contributed by atoms with Crippen molar-refractivity contribution in [3.8, 4) is 0 Å². The summed E-state index contributed by atoms with van der Waals surface area (Å²) >= 11 is 0. The first-order chi connectivity index (χ1) is 13.1. The van der Waals surface area contributed by atoms with Gasteiger partial charge in [0.1, 0.15) is 0 Å². The van der Waals surface area contributed by atoms with E-state index in [-0.39, 0.29) is 0 Å². The molecule has 0 aliphatic heterocycles. The summed E-state index contributed by atoms with van der Waals surface area (Å²) in [6, 6.07) is 8.86. The zero-order valence-electron chi connectivity index (χ0n) is 16.5. The van der Waals surface area contributed by atoms with Gasteiger partial charge >= 0.3 is 0 Å². The number of hydrogen-bond acceptors (Lipinski definition) is 0. The average molecular weight is 371 g/mol. The van der Waals surface area contributed by atoms with Crippen LogP contribution in [-0.2, 0) is 0 Å². The van der Waals surface area contributed by atoms with Crippen molar-refractivity contribution in [2.45, 2.75) is 77.0 Å². The predicted octanol–water partition coefficient (Wildman–Crippen LogP) is 8.00. The fourth-order valence-electron chi connectivity index (χ4n) is 5.75. The highest BCUT2D eigenvalue weighted by Crippen LogP contribution is 2.48. The van der Waals surface area contributed by atoms with E-state index in [1.54, 1.807) is 0 Å². The van der Waals surface area contributed by atoms with E-state index in [0.717, 1.165) is 28.5 Å². The maximum Gasteiger partial charge on any atom is 0.159 e. The summed E-state index contributed by atoms with van der Waals surface area (Å²) in [5.41, 5.74) is 1.32. The van der Waals surface area contributed by atoms with Crippen molar-refractivity contribution in [2.75, 3.05) is 0 Å². The van der Waals surface area contributed by atoms with Gasteiger partial charge in [-0.3, -0.25) is 0 Å². The number of fused-ring (bicyclic) bond motifs is 2. The van der Waals surface area contributed by atoms with Crippen LogP contribution in [0.2, 0.25) is 0 Å². The lowest BCUT2D eigenvalue weighted by molar-refractivity contribution is 0.113. The topological polar surface area (TPSA) is 0 Å². The summed E-state index contributed by atoms with van der Waals surface area (Å²) < 4.78 is 27.1. The fraction of sp³-hybridized carbons (Fsp3) is 0.600. The van der Waals surface area contributed by atoms with Crippen molar-refractivity contribution >= 4 is 10.8 Å². The highest BCUT2D eigenvalue weighted by atomic mass is 19.2. The number of halogens is 2. The van der Waals surface area contributed by atoms with E-state index < -0.39 is 11.6 Å². The third kappa shape index (κ3) is 4.20. The van der Waals surface area contributed by atoms with Crippen LogP contribution in [0, 0.1) is 29.4 Å². The van der Waals surface area contributed by atoms with Crippen LogP contribution in [-0.4, -0.2) is 0 Å². The predicted molar refractivity (Wildman–Crippen MR) is 109 cm³/mol. The Morgan fingerprint density at radius 2 is 1.56 bits per heavy atom. The Hall–Kier alpha value is -1.44. The van der Waals surface area contributed by atoms with E-state index >= 15 is 0 Å². The first kappa shape index (κ1) is 18.9. The Balaban J connectivity index is 1.41. The van der Waals surface area contributed by atoms with E-state index in [0.29, 0.717) is 5.92 Å². The molecule has 4 atom stereocenters. The molecular weight excluding hydrogens is 338 g/mol. The molecule has 2 aliphatic carbocycles. The first-order valence-electron chi connectivity index (χ1n) is 11.0. The molecule has 2 unspecified atom stereocenters. The molecule has 0 N–H and O–H groups in total. The lowest BCUT2D eigenvalue weighted by Gasteiger charge is -2.42. The Kier molecular flexibility index (Phi) is 5.80. The van der Waals surface area contributed by atoms with E-state index in [1.165, 1.54) is 81.9 Å². The van der Waals surface area contributed by atoms with Gasteiger partial charge in [0.15, 0.2) is 11.6 Å². The molecule has 27 heavy (non-hydrogen) atoms. The van der Waals surface area contributed by atoms with Gasteiger partial charge in [-0.2, -0.15) is 0 Å². The molecule has 2 aromatic carbocycles. The van der Waals surface area contributed by atoms with Crippen molar-refractivity contribution in [3.63, 3.8) is 0 Å². The normalized spacial score (nSPS) is 28.3. The average Bonchev–Trinajstić information content (AvgIpc) is 2.68. The van der Waals surface area contributed by atoms with Crippen LogP contribution in [0.5, 0.6) is 0 Å². The molecule has 0 bridgehead atoms. The zero-order chi connectivity index (χ0) is 18.8. The fourth-order valence-corrected chi connectivity index (χ4v) is 5.75. The van der Waals surface area contributed by atoms with Gasteiger partial charge in [-0.1, -0.05) is 57.2 Å². The van der Waals surface area contributed by atoms with Crippen LogP contribution in [0.15, 0.2) is 30.3 Å². The third-order valence-electron chi connectivity index (χ3n) is 7.31. The molecule has 2 saturated carbocycles. The molecule has 2 aromatic rings. The maximum absolute atomic E-state index is 13.6. The minimum atomic E-state index is -0.758. The lowest BCUT2D eigenvalue weighted by atomic mass is 9.63. The molecule has 0 saturated heterocycles. The van der Waals surface area contributed by atoms with Gasteiger partial charge in [0.25, 0.3) is 0 Å². The van der Waals surface area contributed by atoms with Gasteiger partial charge < -0.3 is 0 Å². The Bertz CT molecular complexity index is 781. The Morgan fingerprint density at radius 3 is 2.37 bits per heavy atom. The van der Waals surface area contributed by atoms with Crippen LogP contribution in [0.4, 0.5) is 8.78 Å². The highest BCUT2D eigenvalue weighted by Gasteiger charge is 2.35. The quantitative estimate of drug-likeness (QED) is 0.468. The molecular formula is C25H32F2. The summed E-state index contributed by atoms with van der Waals surface area (Å²) in [6.07, 6.45) is 13.7. The largest absolute Gasteiger partial charge is 0.204 e. The molecule has 0 aromatic heterocycles. The van der Waals surface area contributed by atoms with Crippen LogP contribution in [0.25, 0.3) is 10.8 Å². The molecule has 4 rings (SSSR count). The van der Waals surface area contributed by atoms with Crippen molar-refractivity contribution in [1.29, 1.82) is 0 Å². The molecule has 0 amide bonds. The van der Waals surface area contributed by atoms with E-state index in [1.807, 2.05) is 6.07 Å². The zero-order valence-corrected chi connectivity index (χ0v) is 16.5. The van der Waals surface area contributed by atoms with Gasteiger partial charge in [-0.05, 0) is 84.2 Å². The summed E-state index contributed by atoms with van der Waals surface area (Å²) in [5, 5.41) is 1.62. The smallest absolute Gasteiger partial charge is 0.159 e. The molecule has 2 heteroatoms. The van der Waals surface area contributed by atoms with Gasteiger partial charge in [-0.25, -0.2) is 8.78 Å². The molecule has 0 radical (unpaired) electrons. The molecule has 0 spiro atoms. The molecule has 2 aliphatic rings. The van der Waals surface area contributed by atoms with Crippen molar-refractivity contribution in [3.05, 3.63) is 47.5 Å². The van der Waals surface area contributed by atoms with Gasteiger partial charge in [0, 0.05) is 0 Å². The molecule has 146 valence electrons. The van der Waals surface area contributed by atoms with Crippen molar-refractivity contribution in [1.82, 2.24) is 0 Å². The van der Waals surface area contributed by atoms with Gasteiger partial charge in [-0.15, -0.1) is 0 Å². The minimum Gasteiger partial charge on any atom is -0.204 e.